The first-order valence-electron chi connectivity index (χ1n) is 11.2. The molecule has 3 aromatic carbocycles. The van der Waals surface area contributed by atoms with Gasteiger partial charge in [0.25, 0.3) is 0 Å². The largest absolute Gasteiger partial charge is 0.452 e. The van der Waals surface area contributed by atoms with Gasteiger partial charge in [-0.25, -0.2) is 14.4 Å². The Morgan fingerprint density at radius 2 is 0.971 bits per heavy atom. The van der Waals surface area contributed by atoms with Gasteiger partial charge >= 0.3 is 17.9 Å². The molecule has 2 aliphatic heterocycles. The summed E-state index contributed by atoms with van der Waals surface area (Å²) in [5.41, 5.74) is 0.923. The minimum absolute atomic E-state index is 0.0795. The van der Waals surface area contributed by atoms with Gasteiger partial charge in [0.05, 0.1) is 23.3 Å². The molecular formula is C27H22O8. The van der Waals surface area contributed by atoms with Crippen molar-refractivity contribution in [2.75, 3.05) is 6.61 Å². The van der Waals surface area contributed by atoms with Crippen molar-refractivity contribution in [2.24, 2.45) is 0 Å². The highest BCUT2D eigenvalue weighted by Gasteiger charge is 2.56. The molecule has 2 aliphatic rings. The fraction of sp³-hybridized carbons (Fsp3) is 0.222. The van der Waals surface area contributed by atoms with E-state index in [1.807, 2.05) is 0 Å². The summed E-state index contributed by atoms with van der Waals surface area (Å²) < 4.78 is 28.8. The van der Waals surface area contributed by atoms with Crippen molar-refractivity contribution in [3.63, 3.8) is 0 Å². The van der Waals surface area contributed by atoms with E-state index in [-0.39, 0.29) is 6.61 Å². The average Bonchev–Trinajstić information content (AvgIpc) is 3.35. The predicted molar refractivity (Wildman–Crippen MR) is 122 cm³/mol. The fourth-order valence-corrected chi connectivity index (χ4v) is 4.04. The molecule has 0 aromatic heterocycles. The number of rotatable bonds is 6. The van der Waals surface area contributed by atoms with Crippen LogP contribution in [-0.4, -0.2) is 55.2 Å². The van der Waals surface area contributed by atoms with Crippen LogP contribution in [0.5, 0.6) is 0 Å². The number of benzene rings is 3. The molecule has 5 rings (SSSR count). The van der Waals surface area contributed by atoms with Crippen LogP contribution >= 0.6 is 0 Å². The molecule has 3 aromatic rings. The molecule has 2 heterocycles. The molecule has 0 radical (unpaired) electrons. The second kappa shape index (κ2) is 10.1. The van der Waals surface area contributed by atoms with Gasteiger partial charge in [-0.3, -0.25) is 0 Å². The summed E-state index contributed by atoms with van der Waals surface area (Å²) in [7, 11) is 0. The topological polar surface area (TPSA) is 97.4 Å². The fourth-order valence-electron chi connectivity index (χ4n) is 4.04. The van der Waals surface area contributed by atoms with E-state index in [2.05, 4.69) is 0 Å². The number of fused-ring (bicyclic) bond motifs is 2. The molecule has 0 aliphatic carbocycles. The molecule has 2 saturated heterocycles. The molecule has 35 heavy (non-hydrogen) atoms. The summed E-state index contributed by atoms with van der Waals surface area (Å²) >= 11 is 0. The quantitative estimate of drug-likeness (QED) is 0.396. The van der Waals surface area contributed by atoms with E-state index in [1.165, 1.54) is 0 Å². The molecule has 0 saturated carbocycles. The molecule has 5 atom stereocenters. The molecule has 0 N–H and O–H groups in total. The monoisotopic (exact) mass is 474 g/mol. The van der Waals surface area contributed by atoms with Crippen molar-refractivity contribution < 1.29 is 38.1 Å². The molecule has 8 heteroatoms. The van der Waals surface area contributed by atoms with Crippen molar-refractivity contribution in [3.8, 4) is 0 Å². The third-order valence-corrected chi connectivity index (χ3v) is 5.77. The lowest BCUT2D eigenvalue weighted by atomic mass is 9.99. The van der Waals surface area contributed by atoms with Crippen LogP contribution in [0.15, 0.2) is 91.0 Å². The van der Waals surface area contributed by atoms with Crippen LogP contribution in [-0.2, 0) is 23.7 Å². The third-order valence-electron chi connectivity index (χ3n) is 5.77. The Hall–Kier alpha value is -4.01. The van der Waals surface area contributed by atoms with E-state index in [0.29, 0.717) is 16.7 Å². The van der Waals surface area contributed by atoms with Gasteiger partial charge < -0.3 is 23.7 Å². The highest BCUT2D eigenvalue weighted by atomic mass is 16.8. The van der Waals surface area contributed by atoms with Crippen molar-refractivity contribution in [3.05, 3.63) is 108 Å². The number of hydrogen-bond donors (Lipinski definition) is 0. The van der Waals surface area contributed by atoms with Crippen molar-refractivity contribution in [1.82, 2.24) is 0 Å². The summed E-state index contributed by atoms with van der Waals surface area (Å²) in [5, 5.41) is 0. The average molecular weight is 474 g/mol. The number of esters is 3. The second-order valence-corrected chi connectivity index (χ2v) is 8.08. The molecule has 4 unspecified atom stereocenters. The van der Waals surface area contributed by atoms with Crippen molar-refractivity contribution in [1.29, 1.82) is 0 Å². The summed E-state index contributed by atoms with van der Waals surface area (Å²) in [6, 6.07) is 25.2. The van der Waals surface area contributed by atoms with Gasteiger partial charge in [0.1, 0.15) is 6.10 Å². The predicted octanol–water partition coefficient (Wildman–Crippen LogP) is 3.42. The highest BCUT2D eigenvalue weighted by Crippen LogP contribution is 2.35. The van der Waals surface area contributed by atoms with Gasteiger partial charge in [0.15, 0.2) is 24.6 Å². The number of ether oxygens (including phenoxy) is 5. The van der Waals surface area contributed by atoms with Gasteiger partial charge in [-0.1, -0.05) is 54.6 Å². The van der Waals surface area contributed by atoms with Crippen LogP contribution in [0.3, 0.4) is 0 Å². The Bertz CT molecular complexity index is 1110. The molecule has 2 bridgehead atoms. The van der Waals surface area contributed by atoms with Crippen LogP contribution in [0.2, 0.25) is 0 Å². The van der Waals surface area contributed by atoms with E-state index in [9.17, 15) is 14.4 Å². The molecule has 8 nitrogen and oxygen atoms in total. The maximum absolute atomic E-state index is 13.0. The molecule has 0 spiro atoms. The summed E-state index contributed by atoms with van der Waals surface area (Å²) in [6.07, 6.45) is -5.07. The van der Waals surface area contributed by atoms with Gasteiger partial charge in [-0.05, 0) is 36.4 Å². The van der Waals surface area contributed by atoms with E-state index in [1.54, 1.807) is 91.0 Å². The normalized spacial score (nSPS) is 24.9. The number of carbonyl (C=O) groups excluding carboxylic acids is 3. The summed E-state index contributed by atoms with van der Waals surface area (Å²) in [6.45, 7) is 0.0795. The van der Waals surface area contributed by atoms with E-state index in [0.717, 1.165) is 0 Å². The number of carbonyl (C=O) groups is 3. The van der Waals surface area contributed by atoms with Gasteiger partial charge in [-0.15, -0.1) is 0 Å². The van der Waals surface area contributed by atoms with Crippen molar-refractivity contribution in [2.45, 2.75) is 30.7 Å². The molecular weight excluding hydrogens is 452 g/mol. The Balaban J connectivity index is 1.44. The minimum Gasteiger partial charge on any atom is -0.452 e. The Morgan fingerprint density at radius 1 is 0.571 bits per heavy atom. The van der Waals surface area contributed by atoms with E-state index >= 15 is 0 Å². The van der Waals surface area contributed by atoms with Crippen LogP contribution in [0.25, 0.3) is 0 Å². The SMILES string of the molecule is O=C(OC1C2COC(O2)[C@@H](OC(=O)c2ccccc2)C1OC(=O)c1ccccc1)c1ccccc1. The first-order valence-corrected chi connectivity index (χ1v) is 11.2. The minimum atomic E-state index is -1.16. The van der Waals surface area contributed by atoms with E-state index < -0.39 is 48.6 Å². The van der Waals surface area contributed by atoms with Crippen LogP contribution in [0.4, 0.5) is 0 Å². The first kappa shape index (κ1) is 22.8. The zero-order valence-electron chi connectivity index (χ0n) is 18.5. The Kier molecular flexibility index (Phi) is 6.56. The van der Waals surface area contributed by atoms with E-state index in [4.69, 9.17) is 23.7 Å². The molecule has 2 fully saturated rings. The first-order chi connectivity index (χ1) is 17.1. The Labute approximate surface area is 201 Å². The van der Waals surface area contributed by atoms with Gasteiger partial charge in [0.2, 0.25) is 0 Å². The maximum atomic E-state index is 13.0. The lowest BCUT2D eigenvalue weighted by Gasteiger charge is -2.39. The highest BCUT2D eigenvalue weighted by molar-refractivity contribution is 5.91. The standard InChI is InChI=1S/C27H22O8/c28-24(17-10-4-1-5-11-17)33-21-20-16-31-27(32-20)23(35-26(30)19-14-8-3-9-15-19)22(21)34-25(29)18-12-6-2-7-13-18/h1-15,20-23,27H,16H2/t20?,21?,22?,23-,27?/m0/s1. The smallest absolute Gasteiger partial charge is 0.338 e. The zero-order chi connectivity index (χ0) is 24.2. The van der Waals surface area contributed by atoms with Crippen molar-refractivity contribution >= 4 is 17.9 Å². The van der Waals surface area contributed by atoms with Gasteiger partial charge in [0, 0.05) is 0 Å². The van der Waals surface area contributed by atoms with Crippen LogP contribution < -0.4 is 0 Å². The Morgan fingerprint density at radius 3 is 1.43 bits per heavy atom. The van der Waals surface area contributed by atoms with Crippen LogP contribution in [0, 0.1) is 0 Å². The maximum Gasteiger partial charge on any atom is 0.338 e. The second-order valence-electron chi connectivity index (χ2n) is 8.08. The summed E-state index contributed by atoms with van der Waals surface area (Å²) in [5.74, 6) is -1.93. The summed E-state index contributed by atoms with van der Waals surface area (Å²) in [4.78, 5) is 38.7. The van der Waals surface area contributed by atoms with Gasteiger partial charge in [-0.2, -0.15) is 0 Å². The molecule has 0 amide bonds. The lowest BCUT2D eigenvalue weighted by Crippen LogP contribution is -2.58. The zero-order valence-corrected chi connectivity index (χ0v) is 18.5. The number of hydrogen-bond acceptors (Lipinski definition) is 8. The third kappa shape index (κ3) is 4.94. The molecule has 178 valence electrons. The lowest BCUT2D eigenvalue weighted by molar-refractivity contribution is -0.228. The van der Waals surface area contributed by atoms with Crippen LogP contribution in [0.1, 0.15) is 31.1 Å².